The maximum absolute atomic E-state index is 11.5. The van der Waals surface area contributed by atoms with Crippen LogP contribution in [0.1, 0.15) is 34.1 Å². The molecule has 82 valence electrons. The Morgan fingerprint density at radius 2 is 2.14 bits per heavy atom. The molecule has 4 heteroatoms. The summed E-state index contributed by atoms with van der Waals surface area (Å²) >= 11 is 0. The molecule has 0 aromatic heterocycles. The summed E-state index contributed by atoms with van der Waals surface area (Å²) in [4.78, 5) is 11.5. The van der Waals surface area contributed by atoms with E-state index in [1.54, 1.807) is 0 Å². The number of amides is 1. The fourth-order valence-corrected chi connectivity index (χ4v) is 1.47. The molecular weight excluding hydrogens is 180 g/mol. The third kappa shape index (κ3) is 3.54. The van der Waals surface area contributed by atoms with Gasteiger partial charge in [0.15, 0.2) is 0 Å². The van der Waals surface area contributed by atoms with Crippen LogP contribution in [0.15, 0.2) is 0 Å². The van der Waals surface area contributed by atoms with Gasteiger partial charge in [-0.25, -0.2) is 4.79 Å². The zero-order valence-electron chi connectivity index (χ0n) is 9.44. The molecule has 0 spiro atoms. The monoisotopic (exact) mass is 200 g/mol. The zero-order valence-corrected chi connectivity index (χ0v) is 9.44. The highest BCUT2D eigenvalue weighted by Gasteiger charge is 2.31. The van der Waals surface area contributed by atoms with Crippen molar-refractivity contribution in [3.8, 4) is 0 Å². The van der Waals surface area contributed by atoms with E-state index in [1.807, 2.05) is 27.7 Å². The quantitative estimate of drug-likeness (QED) is 0.670. The van der Waals surface area contributed by atoms with Crippen LogP contribution in [-0.4, -0.2) is 30.3 Å². The van der Waals surface area contributed by atoms with Crippen LogP contribution >= 0.6 is 0 Å². The van der Waals surface area contributed by atoms with Crippen molar-refractivity contribution in [1.82, 2.24) is 10.6 Å². The first kappa shape index (κ1) is 11.3. The number of rotatable bonds is 1. The van der Waals surface area contributed by atoms with Crippen LogP contribution in [0.5, 0.6) is 0 Å². The molecule has 1 aliphatic heterocycles. The minimum Gasteiger partial charge on any atom is -0.444 e. The smallest absolute Gasteiger partial charge is 0.408 e. The van der Waals surface area contributed by atoms with Crippen LogP contribution in [0.25, 0.3) is 0 Å². The van der Waals surface area contributed by atoms with Gasteiger partial charge in [0.1, 0.15) is 5.60 Å². The van der Waals surface area contributed by atoms with E-state index in [9.17, 15) is 4.79 Å². The third-order valence-electron chi connectivity index (χ3n) is 2.17. The first-order chi connectivity index (χ1) is 6.31. The molecule has 0 aliphatic carbocycles. The van der Waals surface area contributed by atoms with Gasteiger partial charge in [0, 0.05) is 6.54 Å². The van der Waals surface area contributed by atoms with Crippen molar-refractivity contribution in [2.45, 2.75) is 45.3 Å². The van der Waals surface area contributed by atoms with Gasteiger partial charge in [-0.15, -0.1) is 0 Å². The molecular formula is C10H20N2O2. The summed E-state index contributed by atoms with van der Waals surface area (Å²) in [6.45, 7) is 9.38. The van der Waals surface area contributed by atoms with Crippen molar-refractivity contribution in [3.63, 3.8) is 0 Å². The van der Waals surface area contributed by atoms with Crippen molar-refractivity contribution < 1.29 is 9.53 Å². The number of carbonyl (C=O) groups excluding carboxylic acids is 1. The third-order valence-corrected chi connectivity index (χ3v) is 2.17. The Bertz CT molecular complexity index is 215. The lowest BCUT2D eigenvalue weighted by Gasteiger charge is -2.27. The van der Waals surface area contributed by atoms with E-state index in [2.05, 4.69) is 10.6 Å². The van der Waals surface area contributed by atoms with E-state index >= 15 is 0 Å². The highest BCUT2D eigenvalue weighted by Crippen LogP contribution is 2.15. The van der Waals surface area contributed by atoms with Crippen LogP contribution in [0.4, 0.5) is 4.79 Å². The number of hydrogen-bond acceptors (Lipinski definition) is 3. The van der Waals surface area contributed by atoms with E-state index < -0.39 is 5.60 Å². The Morgan fingerprint density at radius 3 is 2.57 bits per heavy atom. The standard InChI is InChI=1S/C10H20N2O2/c1-9(2,3)14-8(13)12-10(4)5-6-11-7-10/h11H,5-7H2,1-4H3,(H,12,13)/t10-/m1/s1. The minimum absolute atomic E-state index is 0.150. The predicted octanol–water partition coefficient (Wildman–Crippen LogP) is 1.26. The van der Waals surface area contributed by atoms with Crippen LogP contribution in [-0.2, 0) is 4.74 Å². The Morgan fingerprint density at radius 1 is 1.50 bits per heavy atom. The summed E-state index contributed by atoms with van der Waals surface area (Å²) in [6, 6.07) is 0. The Kier molecular flexibility index (Phi) is 3.04. The highest BCUT2D eigenvalue weighted by molar-refractivity contribution is 5.68. The summed E-state index contributed by atoms with van der Waals surface area (Å²) in [5.74, 6) is 0. The molecule has 1 rings (SSSR count). The molecule has 0 saturated carbocycles. The SMILES string of the molecule is CC(C)(C)OC(=O)N[C@]1(C)CCNC1. The minimum atomic E-state index is -0.424. The summed E-state index contributed by atoms with van der Waals surface area (Å²) in [5.41, 5.74) is -0.575. The van der Waals surface area contributed by atoms with Crippen molar-refractivity contribution in [3.05, 3.63) is 0 Å². The van der Waals surface area contributed by atoms with E-state index in [-0.39, 0.29) is 11.6 Å². The van der Waals surface area contributed by atoms with Crippen molar-refractivity contribution in [2.24, 2.45) is 0 Å². The fourth-order valence-electron chi connectivity index (χ4n) is 1.47. The van der Waals surface area contributed by atoms with E-state index in [0.29, 0.717) is 0 Å². The average molecular weight is 200 g/mol. The van der Waals surface area contributed by atoms with Crippen LogP contribution in [0.2, 0.25) is 0 Å². The molecule has 4 nitrogen and oxygen atoms in total. The number of ether oxygens (including phenoxy) is 1. The molecule has 0 radical (unpaired) electrons. The molecule has 1 aliphatic rings. The lowest BCUT2D eigenvalue weighted by Crippen LogP contribution is -2.49. The van der Waals surface area contributed by atoms with Crippen molar-refractivity contribution in [2.75, 3.05) is 13.1 Å². The van der Waals surface area contributed by atoms with Crippen molar-refractivity contribution >= 4 is 6.09 Å². The molecule has 1 heterocycles. The van der Waals surface area contributed by atoms with Gasteiger partial charge >= 0.3 is 6.09 Å². The van der Waals surface area contributed by atoms with E-state index in [4.69, 9.17) is 4.74 Å². The van der Waals surface area contributed by atoms with E-state index in [1.165, 1.54) is 0 Å². The van der Waals surface area contributed by atoms with Gasteiger partial charge in [-0.1, -0.05) is 0 Å². The van der Waals surface area contributed by atoms with Crippen molar-refractivity contribution in [1.29, 1.82) is 0 Å². The summed E-state index contributed by atoms with van der Waals surface area (Å²) in [5, 5.41) is 6.10. The molecule has 2 N–H and O–H groups in total. The van der Waals surface area contributed by atoms with Gasteiger partial charge in [-0.05, 0) is 40.7 Å². The Balaban J connectivity index is 2.40. The Hall–Kier alpha value is -0.770. The Labute approximate surface area is 85.4 Å². The predicted molar refractivity (Wildman–Crippen MR) is 55.3 cm³/mol. The molecule has 0 aromatic carbocycles. The van der Waals surface area contributed by atoms with Crippen LogP contribution in [0.3, 0.4) is 0 Å². The lowest BCUT2D eigenvalue weighted by molar-refractivity contribution is 0.0472. The second-order valence-corrected chi connectivity index (χ2v) is 5.11. The molecule has 1 amide bonds. The molecule has 1 atom stereocenters. The number of alkyl carbamates (subject to hydrolysis) is 1. The second-order valence-electron chi connectivity index (χ2n) is 5.11. The topological polar surface area (TPSA) is 50.4 Å². The molecule has 0 unspecified atom stereocenters. The first-order valence-corrected chi connectivity index (χ1v) is 5.03. The highest BCUT2D eigenvalue weighted by atomic mass is 16.6. The van der Waals surface area contributed by atoms with Crippen LogP contribution < -0.4 is 10.6 Å². The largest absolute Gasteiger partial charge is 0.444 e. The summed E-state index contributed by atoms with van der Waals surface area (Å²) in [7, 11) is 0. The molecule has 0 bridgehead atoms. The van der Waals surface area contributed by atoms with Gasteiger partial charge < -0.3 is 15.4 Å². The first-order valence-electron chi connectivity index (χ1n) is 5.03. The second kappa shape index (κ2) is 3.77. The van der Waals surface area contributed by atoms with Gasteiger partial charge in [0.2, 0.25) is 0 Å². The number of carbonyl (C=O) groups is 1. The number of hydrogen-bond donors (Lipinski definition) is 2. The summed E-state index contributed by atoms with van der Waals surface area (Å²) < 4.78 is 5.19. The van der Waals surface area contributed by atoms with Gasteiger partial charge in [0.25, 0.3) is 0 Å². The lowest BCUT2D eigenvalue weighted by atomic mass is 10.0. The van der Waals surface area contributed by atoms with Gasteiger partial charge in [-0.2, -0.15) is 0 Å². The molecule has 1 saturated heterocycles. The van der Waals surface area contributed by atoms with Gasteiger partial charge in [0.05, 0.1) is 5.54 Å². The molecule has 1 fully saturated rings. The summed E-state index contributed by atoms with van der Waals surface area (Å²) in [6.07, 6.45) is 0.621. The fraction of sp³-hybridized carbons (Fsp3) is 0.900. The molecule has 0 aromatic rings. The normalized spacial score (nSPS) is 27.4. The molecule has 14 heavy (non-hydrogen) atoms. The average Bonchev–Trinajstić information content (AvgIpc) is 2.30. The zero-order chi connectivity index (χ0) is 10.8. The van der Waals surface area contributed by atoms with Crippen LogP contribution in [0, 0.1) is 0 Å². The maximum atomic E-state index is 11.5. The number of nitrogens with one attached hydrogen (secondary N) is 2. The maximum Gasteiger partial charge on any atom is 0.408 e. The van der Waals surface area contributed by atoms with E-state index in [0.717, 1.165) is 19.5 Å². The van der Waals surface area contributed by atoms with Gasteiger partial charge in [-0.3, -0.25) is 0 Å².